The minimum absolute atomic E-state index is 0.114. The highest BCUT2D eigenvalue weighted by Gasteiger charge is 2.25. The van der Waals surface area contributed by atoms with Crippen molar-refractivity contribution in [3.63, 3.8) is 0 Å². The quantitative estimate of drug-likeness (QED) is 0.311. The van der Waals surface area contributed by atoms with Crippen molar-refractivity contribution in [1.29, 1.82) is 0 Å². The Morgan fingerprint density at radius 1 is 1.08 bits per heavy atom. The number of morpholine rings is 1. The van der Waals surface area contributed by atoms with Crippen LogP contribution < -0.4 is 14.4 Å². The van der Waals surface area contributed by atoms with Crippen LogP contribution in [0, 0.1) is 0 Å². The fourth-order valence-corrected chi connectivity index (χ4v) is 5.57. The van der Waals surface area contributed by atoms with Crippen molar-refractivity contribution in [2.24, 2.45) is 0 Å². The standard InChI is InChI=1S/C28H31N3O4S/c1-3-35-23-10-6-11-25-26(23)29-28(36-25)31(13-7-12-30-14-16-34-17-15-30)27(32)22-18-20-8-4-5-9-21(20)19-24(22)33-2/h4-6,8-11,18-19H,3,7,12-17H2,1-2H3. The van der Waals surface area contributed by atoms with Crippen molar-refractivity contribution >= 4 is 43.4 Å². The molecule has 0 aliphatic carbocycles. The van der Waals surface area contributed by atoms with Gasteiger partial charge in [0, 0.05) is 26.2 Å². The molecule has 0 bridgehead atoms. The zero-order chi connectivity index (χ0) is 24.9. The molecule has 1 saturated heterocycles. The summed E-state index contributed by atoms with van der Waals surface area (Å²) in [6, 6.07) is 17.8. The molecule has 1 aliphatic rings. The molecule has 0 atom stereocenters. The SMILES string of the molecule is CCOc1cccc2sc(N(CCCN3CCOCC3)C(=O)c3cc4ccccc4cc3OC)nc12. The topological polar surface area (TPSA) is 64.1 Å². The highest BCUT2D eigenvalue weighted by atomic mass is 32.1. The molecule has 8 heteroatoms. The lowest BCUT2D eigenvalue weighted by atomic mass is 10.0. The average Bonchev–Trinajstić information content (AvgIpc) is 3.36. The van der Waals surface area contributed by atoms with E-state index in [1.54, 1.807) is 12.0 Å². The van der Waals surface area contributed by atoms with E-state index in [0.717, 1.165) is 66.0 Å². The smallest absolute Gasteiger partial charge is 0.263 e. The maximum Gasteiger partial charge on any atom is 0.263 e. The number of para-hydroxylation sites is 1. The summed E-state index contributed by atoms with van der Waals surface area (Å²) in [6.07, 6.45) is 0.829. The molecule has 36 heavy (non-hydrogen) atoms. The maximum atomic E-state index is 14.1. The van der Waals surface area contributed by atoms with Gasteiger partial charge < -0.3 is 14.2 Å². The van der Waals surface area contributed by atoms with Crippen LogP contribution in [0.3, 0.4) is 0 Å². The lowest BCUT2D eigenvalue weighted by molar-refractivity contribution is 0.0376. The van der Waals surface area contributed by atoms with Gasteiger partial charge in [-0.25, -0.2) is 4.98 Å². The number of thiazole rings is 1. The van der Waals surface area contributed by atoms with Crippen LogP contribution >= 0.6 is 11.3 Å². The first-order valence-electron chi connectivity index (χ1n) is 12.4. The van der Waals surface area contributed by atoms with Gasteiger partial charge in [-0.05, 0) is 48.4 Å². The minimum Gasteiger partial charge on any atom is -0.496 e. The van der Waals surface area contributed by atoms with Crippen LogP contribution in [0.5, 0.6) is 11.5 Å². The van der Waals surface area contributed by atoms with E-state index in [-0.39, 0.29) is 5.91 Å². The molecule has 1 fully saturated rings. The second kappa shape index (κ2) is 11.2. The molecular weight excluding hydrogens is 474 g/mol. The number of methoxy groups -OCH3 is 1. The van der Waals surface area contributed by atoms with Crippen molar-refractivity contribution in [3.8, 4) is 11.5 Å². The number of nitrogens with zero attached hydrogens (tertiary/aromatic N) is 3. The van der Waals surface area contributed by atoms with Gasteiger partial charge in [0.1, 0.15) is 17.0 Å². The Hall–Kier alpha value is -3.20. The van der Waals surface area contributed by atoms with E-state index in [1.165, 1.54) is 11.3 Å². The number of amides is 1. The number of ether oxygens (including phenoxy) is 3. The lowest BCUT2D eigenvalue weighted by Gasteiger charge is -2.28. The molecule has 188 valence electrons. The third kappa shape index (κ3) is 5.16. The summed E-state index contributed by atoms with van der Waals surface area (Å²) in [5.41, 5.74) is 1.32. The Labute approximate surface area is 215 Å². The number of anilines is 1. The third-order valence-corrected chi connectivity index (χ3v) is 7.45. The molecule has 2 heterocycles. The molecular formula is C28H31N3O4S. The van der Waals surface area contributed by atoms with Crippen molar-refractivity contribution in [2.75, 3.05) is 58.0 Å². The molecule has 7 nitrogen and oxygen atoms in total. The van der Waals surface area contributed by atoms with Gasteiger partial charge in [0.25, 0.3) is 5.91 Å². The molecule has 3 aromatic carbocycles. The Morgan fingerprint density at radius 2 is 1.86 bits per heavy atom. The molecule has 0 radical (unpaired) electrons. The Kier molecular flexibility index (Phi) is 7.65. The molecule has 1 amide bonds. The van der Waals surface area contributed by atoms with Crippen molar-refractivity contribution < 1.29 is 19.0 Å². The summed E-state index contributed by atoms with van der Waals surface area (Å²) in [7, 11) is 1.61. The highest BCUT2D eigenvalue weighted by Crippen LogP contribution is 2.36. The Balaban J connectivity index is 1.50. The number of carbonyl (C=O) groups is 1. The number of rotatable bonds is 9. The first kappa shape index (κ1) is 24.5. The molecule has 0 saturated carbocycles. The predicted molar refractivity (Wildman–Crippen MR) is 145 cm³/mol. The Bertz CT molecular complexity index is 1350. The number of fused-ring (bicyclic) bond motifs is 2. The summed E-state index contributed by atoms with van der Waals surface area (Å²) in [4.78, 5) is 23.2. The van der Waals surface area contributed by atoms with Crippen LogP contribution in [0.4, 0.5) is 5.13 Å². The van der Waals surface area contributed by atoms with Gasteiger partial charge in [0.2, 0.25) is 0 Å². The van der Waals surface area contributed by atoms with Crippen molar-refractivity contribution in [2.45, 2.75) is 13.3 Å². The van der Waals surface area contributed by atoms with Crippen molar-refractivity contribution in [3.05, 3.63) is 60.2 Å². The normalized spacial score (nSPS) is 14.3. The summed E-state index contributed by atoms with van der Waals surface area (Å²) < 4.78 is 17.9. The maximum absolute atomic E-state index is 14.1. The average molecular weight is 506 g/mol. The van der Waals surface area contributed by atoms with Gasteiger partial charge >= 0.3 is 0 Å². The van der Waals surface area contributed by atoms with Crippen LogP contribution in [0.25, 0.3) is 21.0 Å². The van der Waals surface area contributed by atoms with Gasteiger partial charge in [-0.2, -0.15) is 0 Å². The summed E-state index contributed by atoms with van der Waals surface area (Å²) in [5.74, 6) is 1.19. The zero-order valence-corrected chi connectivity index (χ0v) is 21.6. The van der Waals surface area contributed by atoms with Gasteiger partial charge in [0.05, 0.1) is 37.2 Å². The van der Waals surface area contributed by atoms with E-state index >= 15 is 0 Å². The molecule has 1 aliphatic heterocycles. The summed E-state index contributed by atoms with van der Waals surface area (Å²) >= 11 is 1.51. The molecule has 4 aromatic rings. The van der Waals surface area contributed by atoms with Gasteiger partial charge in [-0.1, -0.05) is 41.7 Å². The minimum atomic E-state index is -0.114. The number of hydrogen-bond acceptors (Lipinski definition) is 7. The lowest BCUT2D eigenvalue weighted by Crippen LogP contribution is -2.39. The predicted octanol–water partition coefficient (Wildman–Crippen LogP) is 5.23. The molecule has 0 unspecified atom stereocenters. The van der Waals surface area contributed by atoms with Crippen LogP contribution in [-0.4, -0.2) is 68.9 Å². The van der Waals surface area contributed by atoms with E-state index in [2.05, 4.69) is 4.90 Å². The number of aromatic nitrogens is 1. The fraction of sp³-hybridized carbons (Fsp3) is 0.357. The van der Waals surface area contributed by atoms with E-state index in [9.17, 15) is 4.79 Å². The van der Waals surface area contributed by atoms with Crippen LogP contribution in [0.15, 0.2) is 54.6 Å². The van der Waals surface area contributed by atoms with Crippen LogP contribution in [0.1, 0.15) is 23.7 Å². The molecule has 0 spiro atoms. The van der Waals surface area contributed by atoms with Gasteiger partial charge in [0.15, 0.2) is 5.13 Å². The number of benzene rings is 3. The molecule has 0 N–H and O–H groups in total. The molecule has 1 aromatic heterocycles. The monoisotopic (exact) mass is 505 g/mol. The van der Waals surface area contributed by atoms with Gasteiger partial charge in [-0.15, -0.1) is 0 Å². The fourth-order valence-electron chi connectivity index (χ4n) is 4.56. The second-order valence-corrected chi connectivity index (χ2v) is 9.71. The number of carbonyl (C=O) groups excluding carboxylic acids is 1. The van der Waals surface area contributed by atoms with Crippen LogP contribution in [0.2, 0.25) is 0 Å². The van der Waals surface area contributed by atoms with Crippen LogP contribution in [-0.2, 0) is 4.74 Å². The van der Waals surface area contributed by atoms with E-state index in [0.29, 0.717) is 29.6 Å². The van der Waals surface area contributed by atoms with E-state index in [1.807, 2.05) is 61.5 Å². The van der Waals surface area contributed by atoms with Gasteiger partial charge in [-0.3, -0.25) is 14.6 Å². The summed E-state index contributed by atoms with van der Waals surface area (Å²) in [6.45, 7) is 7.33. The largest absolute Gasteiger partial charge is 0.496 e. The van der Waals surface area contributed by atoms with E-state index in [4.69, 9.17) is 19.2 Å². The Morgan fingerprint density at radius 3 is 2.61 bits per heavy atom. The van der Waals surface area contributed by atoms with Crippen molar-refractivity contribution in [1.82, 2.24) is 9.88 Å². The third-order valence-electron chi connectivity index (χ3n) is 6.40. The zero-order valence-electron chi connectivity index (χ0n) is 20.7. The summed E-state index contributed by atoms with van der Waals surface area (Å²) in [5, 5.41) is 2.70. The number of hydrogen-bond donors (Lipinski definition) is 0. The first-order valence-corrected chi connectivity index (χ1v) is 13.2. The first-order chi connectivity index (χ1) is 17.7. The highest BCUT2D eigenvalue weighted by molar-refractivity contribution is 7.22. The van der Waals surface area contributed by atoms with E-state index < -0.39 is 0 Å². The molecule has 5 rings (SSSR count). The second-order valence-electron chi connectivity index (χ2n) is 8.70.